The highest BCUT2D eigenvalue weighted by atomic mass is 16.3. The molecule has 0 saturated carbocycles. The Labute approximate surface area is 174 Å². The molecule has 0 bridgehead atoms. The van der Waals surface area contributed by atoms with Crippen molar-refractivity contribution in [3.8, 4) is 17.1 Å². The zero-order chi connectivity index (χ0) is 21.2. The summed E-state index contributed by atoms with van der Waals surface area (Å²) in [5, 5.41) is 11.3. The number of hydrogen-bond acceptors (Lipinski definition) is 5. The molecule has 3 aromatic rings. The van der Waals surface area contributed by atoms with Crippen LogP contribution in [0.2, 0.25) is 0 Å². The van der Waals surface area contributed by atoms with Crippen molar-refractivity contribution in [1.82, 2.24) is 14.5 Å². The van der Waals surface area contributed by atoms with Gasteiger partial charge >= 0.3 is 0 Å². The summed E-state index contributed by atoms with van der Waals surface area (Å²) in [6.45, 7) is 3.08. The van der Waals surface area contributed by atoms with Crippen molar-refractivity contribution >= 4 is 16.7 Å². The molecule has 6 heteroatoms. The second-order valence-electron chi connectivity index (χ2n) is 8.65. The molecule has 1 N–H and O–H groups in total. The normalized spacial score (nSPS) is 17.3. The molecule has 1 atom stereocenters. The Balaban J connectivity index is 1.73. The minimum atomic E-state index is -0.194. The number of benzene rings is 1. The van der Waals surface area contributed by atoms with Crippen molar-refractivity contribution in [2.75, 3.05) is 14.1 Å². The van der Waals surface area contributed by atoms with Gasteiger partial charge in [0.2, 0.25) is 0 Å². The van der Waals surface area contributed by atoms with Gasteiger partial charge in [-0.15, -0.1) is 0 Å². The van der Waals surface area contributed by atoms with E-state index in [0.29, 0.717) is 32.4 Å². The molecule has 1 aliphatic carbocycles. The number of aromatic nitrogens is 2. The zero-order valence-corrected chi connectivity index (χ0v) is 17.5. The van der Waals surface area contributed by atoms with E-state index >= 15 is 0 Å². The third-order valence-electron chi connectivity index (χ3n) is 6.44. The molecule has 5 rings (SSSR count). The fourth-order valence-electron chi connectivity index (χ4n) is 5.00. The average Bonchev–Trinajstić information content (AvgIpc) is 3.07. The van der Waals surface area contributed by atoms with E-state index in [1.54, 1.807) is 10.6 Å². The first-order valence-electron chi connectivity index (χ1n) is 10.5. The number of ketones is 1. The van der Waals surface area contributed by atoms with Crippen LogP contribution in [0.1, 0.15) is 47.9 Å². The molecule has 2 aliphatic rings. The summed E-state index contributed by atoms with van der Waals surface area (Å²) >= 11 is 0. The van der Waals surface area contributed by atoms with E-state index in [0.717, 1.165) is 44.5 Å². The maximum Gasteiger partial charge on any atom is 0.254 e. The largest absolute Gasteiger partial charge is 0.508 e. The fourth-order valence-corrected chi connectivity index (χ4v) is 5.00. The molecule has 0 amide bonds. The molecule has 154 valence electrons. The molecule has 2 aromatic heterocycles. The summed E-state index contributed by atoms with van der Waals surface area (Å²) in [5.41, 5.74) is 5.89. The van der Waals surface area contributed by atoms with Crippen LogP contribution in [-0.2, 0) is 24.3 Å². The highest BCUT2D eigenvalue weighted by molar-refractivity contribution is 5.90. The summed E-state index contributed by atoms with van der Waals surface area (Å²) in [6.07, 6.45) is 1.68. The van der Waals surface area contributed by atoms with Crippen molar-refractivity contribution in [3.05, 3.63) is 56.9 Å². The molecule has 0 spiro atoms. The van der Waals surface area contributed by atoms with Crippen LogP contribution < -0.4 is 5.56 Å². The topological polar surface area (TPSA) is 75.4 Å². The van der Waals surface area contributed by atoms with Gasteiger partial charge in [0.1, 0.15) is 11.5 Å². The first-order valence-corrected chi connectivity index (χ1v) is 10.5. The van der Waals surface area contributed by atoms with Crippen LogP contribution in [0.4, 0.5) is 0 Å². The summed E-state index contributed by atoms with van der Waals surface area (Å²) < 4.78 is 1.80. The second-order valence-corrected chi connectivity index (χ2v) is 8.65. The number of phenolic OH excluding ortho intramolecular Hbond substituents is 1. The Kier molecular flexibility index (Phi) is 4.29. The van der Waals surface area contributed by atoms with Gasteiger partial charge in [-0.1, -0.05) is 6.92 Å². The number of Topliss-reactive ketones (excluding diaryl/α,β-unsaturated/α-hetero) is 1. The minimum absolute atomic E-state index is 0.00636. The van der Waals surface area contributed by atoms with Crippen LogP contribution in [0, 0.1) is 0 Å². The van der Waals surface area contributed by atoms with Crippen LogP contribution in [0.3, 0.4) is 0 Å². The number of phenols is 1. The van der Waals surface area contributed by atoms with Gasteiger partial charge in [0, 0.05) is 41.0 Å². The Morgan fingerprint density at radius 3 is 2.73 bits per heavy atom. The van der Waals surface area contributed by atoms with E-state index in [2.05, 4.69) is 6.07 Å². The lowest BCUT2D eigenvalue weighted by Crippen LogP contribution is -2.31. The lowest BCUT2D eigenvalue weighted by molar-refractivity contribution is -0.121. The first kappa shape index (κ1) is 19.0. The fraction of sp³-hybridized carbons (Fsp3) is 0.375. The quantitative estimate of drug-likeness (QED) is 0.569. The lowest BCUT2D eigenvalue weighted by atomic mass is 9.80. The maximum absolute atomic E-state index is 13.3. The molecule has 3 heterocycles. The zero-order valence-electron chi connectivity index (χ0n) is 17.5. The highest BCUT2D eigenvalue weighted by Gasteiger charge is 2.32. The van der Waals surface area contributed by atoms with E-state index in [1.807, 2.05) is 38.1 Å². The molecule has 0 saturated heterocycles. The van der Waals surface area contributed by atoms with E-state index < -0.39 is 0 Å². The van der Waals surface area contributed by atoms with Gasteiger partial charge in [-0.3, -0.25) is 9.59 Å². The smallest absolute Gasteiger partial charge is 0.254 e. The summed E-state index contributed by atoms with van der Waals surface area (Å²) in [6, 6.07) is 7.58. The van der Waals surface area contributed by atoms with Crippen LogP contribution in [0.15, 0.2) is 29.1 Å². The van der Waals surface area contributed by atoms with Crippen molar-refractivity contribution < 1.29 is 9.90 Å². The molecule has 1 aliphatic heterocycles. The van der Waals surface area contributed by atoms with Crippen LogP contribution in [0.25, 0.3) is 22.3 Å². The van der Waals surface area contributed by atoms with Crippen molar-refractivity contribution in [3.63, 3.8) is 0 Å². The number of aromatic hydroxyl groups is 1. The SMILES string of the molecule is CC[C@H]1C(=O)CCc2c1cc1n(c2=O)Cc2cc3c(CN(C)C)c(O)ccc3nc2-1. The minimum Gasteiger partial charge on any atom is -0.508 e. The van der Waals surface area contributed by atoms with E-state index in [1.165, 1.54) is 0 Å². The number of rotatable bonds is 3. The monoisotopic (exact) mass is 403 g/mol. The van der Waals surface area contributed by atoms with Gasteiger partial charge in [0.25, 0.3) is 5.56 Å². The van der Waals surface area contributed by atoms with E-state index in [4.69, 9.17) is 4.98 Å². The molecule has 1 aromatic carbocycles. The number of pyridine rings is 2. The average molecular weight is 403 g/mol. The number of nitrogens with zero attached hydrogens (tertiary/aromatic N) is 3. The van der Waals surface area contributed by atoms with E-state index in [-0.39, 0.29) is 23.0 Å². The highest BCUT2D eigenvalue weighted by Crippen LogP contribution is 2.38. The Morgan fingerprint density at radius 2 is 2.00 bits per heavy atom. The molecule has 6 nitrogen and oxygen atoms in total. The first-order chi connectivity index (χ1) is 14.4. The van der Waals surface area contributed by atoms with Gasteiger partial charge in [0.15, 0.2) is 0 Å². The Bertz CT molecular complexity index is 1270. The van der Waals surface area contributed by atoms with Gasteiger partial charge in [0.05, 0.1) is 23.4 Å². The predicted octanol–water partition coefficient (Wildman–Crippen LogP) is 3.20. The van der Waals surface area contributed by atoms with E-state index in [9.17, 15) is 14.7 Å². The molecule has 30 heavy (non-hydrogen) atoms. The number of fused-ring (bicyclic) bond motifs is 5. The molecular weight excluding hydrogens is 378 g/mol. The number of carbonyl (C=O) groups is 1. The molecule has 0 radical (unpaired) electrons. The van der Waals surface area contributed by atoms with Crippen molar-refractivity contribution in [2.45, 2.75) is 45.2 Å². The van der Waals surface area contributed by atoms with Gasteiger partial charge < -0.3 is 14.6 Å². The lowest BCUT2D eigenvalue weighted by Gasteiger charge is -2.24. The molecule has 0 unspecified atom stereocenters. The Hall–Kier alpha value is -2.99. The Morgan fingerprint density at radius 1 is 1.20 bits per heavy atom. The second kappa shape index (κ2) is 6.77. The maximum atomic E-state index is 13.3. The number of carbonyl (C=O) groups excluding carboxylic acids is 1. The molecular formula is C24H25N3O3. The van der Waals surface area contributed by atoms with Gasteiger partial charge in [-0.2, -0.15) is 0 Å². The van der Waals surface area contributed by atoms with Crippen LogP contribution in [-0.4, -0.2) is 39.4 Å². The van der Waals surface area contributed by atoms with Crippen LogP contribution >= 0.6 is 0 Å². The van der Waals surface area contributed by atoms with Crippen molar-refractivity contribution in [2.24, 2.45) is 0 Å². The summed E-state index contributed by atoms with van der Waals surface area (Å²) in [7, 11) is 3.93. The third-order valence-corrected chi connectivity index (χ3v) is 6.44. The summed E-state index contributed by atoms with van der Waals surface area (Å²) in [4.78, 5) is 32.6. The van der Waals surface area contributed by atoms with Gasteiger partial charge in [-0.25, -0.2) is 4.98 Å². The third kappa shape index (κ3) is 2.70. The predicted molar refractivity (Wildman–Crippen MR) is 116 cm³/mol. The van der Waals surface area contributed by atoms with Gasteiger partial charge in [-0.05, 0) is 56.8 Å². The summed E-state index contributed by atoms with van der Waals surface area (Å²) in [5.74, 6) is 0.286. The van der Waals surface area contributed by atoms with Crippen LogP contribution in [0.5, 0.6) is 5.75 Å². The van der Waals surface area contributed by atoms with Crippen molar-refractivity contribution in [1.29, 1.82) is 0 Å². The molecule has 0 fully saturated rings. The standard InChI is InChI=1S/C24H25N3O3/c1-4-14-16-10-20-23-13(11-27(20)24(30)15(16)5-7-21(14)28)9-17-18(12-26(2)3)22(29)8-6-19(17)25-23/h6,8-10,14,29H,4-5,7,11-12H2,1-3H3/t14-/m1/s1. The number of hydrogen-bond donors (Lipinski definition) is 1.